The van der Waals surface area contributed by atoms with Crippen molar-refractivity contribution < 1.29 is 9.90 Å². The van der Waals surface area contributed by atoms with Crippen molar-refractivity contribution in [1.82, 2.24) is 4.98 Å². The van der Waals surface area contributed by atoms with Crippen LogP contribution in [0.1, 0.15) is 39.1 Å². The summed E-state index contributed by atoms with van der Waals surface area (Å²) in [6.07, 6.45) is 2.66. The first-order valence-corrected chi connectivity index (χ1v) is 9.72. The minimum absolute atomic E-state index is 0.183. The van der Waals surface area contributed by atoms with Gasteiger partial charge in [0.1, 0.15) is 0 Å². The predicted molar refractivity (Wildman–Crippen MR) is 98.0 cm³/mol. The summed E-state index contributed by atoms with van der Waals surface area (Å²) < 4.78 is 0. The zero-order valence-corrected chi connectivity index (χ0v) is 14.7. The molecule has 0 aliphatic heterocycles. The highest BCUT2D eigenvalue weighted by molar-refractivity contribution is 7.12. The fourth-order valence-corrected chi connectivity index (χ4v) is 5.26. The molecule has 3 aromatic rings. The number of aliphatic carboxylic acids is 1. The van der Waals surface area contributed by atoms with Crippen LogP contribution in [0.4, 0.5) is 0 Å². The Hall–Kier alpha value is -1.98. The van der Waals surface area contributed by atoms with Crippen LogP contribution in [0.15, 0.2) is 41.8 Å². The van der Waals surface area contributed by atoms with Gasteiger partial charge >= 0.3 is 5.97 Å². The summed E-state index contributed by atoms with van der Waals surface area (Å²) in [5.74, 6) is -0.553. The Balaban J connectivity index is 1.63. The number of hydrogen-bond acceptors (Lipinski definition) is 4. The van der Waals surface area contributed by atoms with Crippen LogP contribution in [-0.2, 0) is 17.6 Å². The van der Waals surface area contributed by atoms with Crippen LogP contribution >= 0.6 is 22.7 Å². The maximum absolute atomic E-state index is 11.0. The van der Waals surface area contributed by atoms with Gasteiger partial charge in [0, 0.05) is 34.1 Å². The van der Waals surface area contributed by atoms with Crippen molar-refractivity contribution in [2.75, 3.05) is 0 Å². The molecular weight excluding hydrogens is 338 g/mol. The van der Waals surface area contributed by atoms with Crippen molar-refractivity contribution in [1.29, 1.82) is 0 Å². The SMILES string of the molecule is O=C(O)CCC(Cc1cccs1)c1nc2c(s1)Cc1ccccc1-2. The van der Waals surface area contributed by atoms with Gasteiger partial charge in [0.25, 0.3) is 0 Å². The minimum Gasteiger partial charge on any atom is -0.481 e. The van der Waals surface area contributed by atoms with Gasteiger partial charge in [-0.25, -0.2) is 4.98 Å². The molecule has 1 aliphatic rings. The van der Waals surface area contributed by atoms with Gasteiger partial charge < -0.3 is 5.11 Å². The van der Waals surface area contributed by atoms with Gasteiger partial charge in [0.15, 0.2) is 0 Å². The van der Waals surface area contributed by atoms with Crippen LogP contribution in [0.3, 0.4) is 0 Å². The van der Waals surface area contributed by atoms with Crippen molar-refractivity contribution in [3.8, 4) is 11.3 Å². The van der Waals surface area contributed by atoms with Gasteiger partial charge in [-0.1, -0.05) is 30.3 Å². The lowest BCUT2D eigenvalue weighted by molar-refractivity contribution is -0.137. The largest absolute Gasteiger partial charge is 0.481 e. The third kappa shape index (κ3) is 3.01. The van der Waals surface area contributed by atoms with Crippen LogP contribution < -0.4 is 0 Å². The summed E-state index contributed by atoms with van der Waals surface area (Å²) in [5.41, 5.74) is 3.69. The van der Waals surface area contributed by atoms with E-state index in [4.69, 9.17) is 10.1 Å². The molecule has 0 fully saturated rings. The number of thiophene rings is 1. The fraction of sp³-hybridized carbons (Fsp3) is 0.263. The topological polar surface area (TPSA) is 50.2 Å². The Labute approximate surface area is 148 Å². The van der Waals surface area contributed by atoms with E-state index in [1.165, 1.54) is 20.9 Å². The van der Waals surface area contributed by atoms with Crippen LogP contribution in [-0.4, -0.2) is 16.1 Å². The van der Waals surface area contributed by atoms with Crippen molar-refractivity contribution in [3.05, 3.63) is 62.1 Å². The predicted octanol–water partition coefficient (Wildman–Crippen LogP) is 4.97. The molecule has 3 nitrogen and oxygen atoms in total. The Morgan fingerprint density at radius 3 is 2.92 bits per heavy atom. The van der Waals surface area contributed by atoms with Gasteiger partial charge in [-0.15, -0.1) is 22.7 Å². The van der Waals surface area contributed by atoms with Crippen LogP contribution in [0.5, 0.6) is 0 Å². The summed E-state index contributed by atoms with van der Waals surface area (Å²) in [6.45, 7) is 0. The normalized spacial score (nSPS) is 13.5. The lowest BCUT2D eigenvalue weighted by Crippen LogP contribution is -2.06. The molecule has 1 aliphatic carbocycles. The Bertz CT molecular complexity index is 867. The minimum atomic E-state index is -0.736. The quantitative estimate of drug-likeness (QED) is 0.531. The number of carboxylic acid groups (broad SMARTS) is 1. The summed E-state index contributed by atoms with van der Waals surface area (Å²) in [7, 11) is 0. The van der Waals surface area contributed by atoms with Gasteiger partial charge in [0.05, 0.1) is 10.7 Å². The molecule has 122 valence electrons. The number of fused-ring (bicyclic) bond motifs is 3. The third-order valence-electron chi connectivity index (χ3n) is 4.42. The molecule has 2 heterocycles. The molecule has 5 heteroatoms. The van der Waals surface area contributed by atoms with E-state index >= 15 is 0 Å². The van der Waals surface area contributed by atoms with Crippen molar-refractivity contribution >= 4 is 28.6 Å². The molecule has 1 aromatic carbocycles. The van der Waals surface area contributed by atoms with Crippen molar-refractivity contribution in [2.45, 2.75) is 31.6 Å². The lowest BCUT2D eigenvalue weighted by Gasteiger charge is -2.12. The van der Waals surface area contributed by atoms with E-state index in [9.17, 15) is 4.79 Å². The van der Waals surface area contributed by atoms with Crippen molar-refractivity contribution in [2.24, 2.45) is 0 Å². The molecule has 4 rings (SSSR count). The van der Waals surface area contributed by atoms with Gasteiger partial charge in [-0.05, 0) is 29.9 Å². The number of hydrogen-bond donors (Lipinski definition) is 1. The molecule has 24 heavy (non-hydrogen) atoms. The Kier molecular flexibility index (Phi) is 4.21. The molecule has 0 amide bonds. The molecule has 1 unspecified atom stereocenters. The average molecular weight is 355 g/mol. The summed E-state index contributed by atoms with van der Waals surface area (Å²) in [4.78, 5) is 18.6. The number of aromatic nitrogens is 1. The summed E-state index contributed by atoms with van der Waals surface area (Å²) in [6, 6.07) is 12.6. The van der Waals surface area contributed by atoms with Crippen LogP contribution in [0.25, 0.3) is 11.3 Å². The fourth-order valence-electron chi connectivity index (χ4n) is 3.24. The molecule has 0 radical (unpaired) electrons. The maximum atomic E-state index is 11.0. The second kappa shape index (κ2) is 6.49. The first-order valence-electron chi connectivity index (χ1n) is 8.03. The van der Waals surface area contributed by atoms with E-state index < -0.39 is 5.97 Å². The number of nitrogens with zero attached hydrogens (tertiary/aromatic N) is 1. The first kappa shape index (κ1) is 15.5. The number of thiazole rings is 1. The highest BCUT2D eigenvalue weighted by Crippen LogP contribution is 2.42. The number of carbonyl (C=O) groups is 1. The first-order chi connectivity index (χ1) is 11.7. The van der Waals surface area contributed by atoms with E-state index in [-0.39, 0.29) is 12.3 Å². The average Bonchev–Trinajstić information content (AvgIpc) is 3.26. The lowest BCUT2D eigenvalue weighted by atomic mass is 9.99. The zero-order valence-electron chi connectivity index (χ0n) is 13.1. The number of carboxylic acids is 1. The van der Waals surface area contributed by atoms with Gasteiger partial charge in [0.2, 0.25) is 0 Å². The van der Waals surface area contributed by atoms with E-state index in [0.29, 0.717) is 6.42 Å². The van der Waals surface area contributed by atoms with Crippen LogP contribution in [0.2, 0.25) is 0 Å². The standard InChI is InChI=1S/C19H17NO2S2/c21-17(22)8-7-13(10-14-5-3-9-23-14)19-20-18-15-6-2-1-4-12(15)11-16(18)24-19/h1-6,9,13H,7-8,10-11H2,(H,21,22). The summed E-state index contributed by atoms with van der Waals surface area (Å²) in [5, 5.41) is 12.2. The second-order valence-electron chi connectivity index (χ2n) is 6.07. The highest BCUT2D eigenvalue weighted by Gasteiger charge is 2.26. The Morgan fingerprint density at radius 1 is 1.25 bits per heavy atom. The molecule has 0 bridgehead atoms. The highest BCUT2D eigenvalue weighted by atomic mass is 32.1. The van der Waals surface area contributed by atoms with E-state index in [1.807, 2.05) is 6.07 Å². The smallest absolute Gasteiger partial charge is 0.303 e. The summed E-state index contributed by atoms with van der Waals surface area (Å²) >= 11 is 3.49. The zero-order chi connectivity index (χ0) is 16.5. The number of rotatable bonds is 6. The van der Waals surface area contributed by atoms with Gasteiger partial charge in [-0.3, -0.25) is 4.79 Å². The maximum Gasteiger partial charge on any atom is 0.303 e. The third-order valence-corrected chi connectivity index (χ3v) is 6.54. The Morgan fingerprint density at radius 2 is 2.12 bits per heavy atom. The molecule has 0 saturated carbocycles. The van der Waals surface area contributed by atoms with Crippen LogP contribution in [0, 0.1) is 0 Å². The van der Waals surface area contributed by atoms with E-state index in [0.717, 1.165) is 23.5 Å². The van der Waals surface area contributed by atoms with E-state index in [2.05, 4.69) is 35.7 Å². The monoisotopic (exact) mass is 355 g/mol. The molecule has 1 atom stereocenters. The molecular formula is C19H17NO2S2. The van der Waals surface area contributed by atoms with Gasteiger partial charge in [-0.2, -0.15) is 0 Å². The second-order valence-corrected chi connectivity index (χ2v) is 8.22. The van der Waals surface area contributed by atoms with E-state index in [1.54, 1.807) is 22.7 Å². The molecule has 0 spiro atoms. The number of benzene rings is 1. The molecule has 0 saturated heterocycles. The molecule has 2 aromatic heterocycles. The van der Waals surface area contributed by atoms with Crippen molar-refractivity contribution in [3.63, 3.8) is 0 Å². The molecule has 1 N–H and O–H groups in total.